The topological polar surface area (TPSA) is 67.3 Å². The van der Waals surface area contributed by atoms with E-state index in [1.807, 2.05) is 4.90 Å². The molecular formula is C11H16N2O3S3. The summed E-state index contributed by atoms with van der Waals surface area (Å²) in [6.45, 7) is 3.78. The zero-order valence-electron chi connectivity index (χ0n) is 10.8. The van der Waals surface area contributed by atoms with E-state index >= 15 is 0 Å². The molecule has 0 radical (unpaired) electrons. The minimum Gasteiger partial charge on any atom is -0.329 e. The van der Waals surface area contributed by atoms with Crippen molar-refractivity contribution in [3.63, 3.8) is 0 Å². The maximum absolute atomic E-state index is 12.1. The van der Waals surface area contributed by atoms with Crippen molar-refractivity contribution in [1.82, 2.24) is 4.98 Å². The second-order valence-electron chi connectivity index (χ2n) is 4.25. The molecule has 0 N–H and O–H groups in total. The van der Waals surface area contributed by atoms with Crippen molar-refractivity contribution in [3.8, 4) is 0 Å². The summed E-state index contributed by atoms with van der Waals surface area (Å²) in [7, 11) is -3.14. The molecule has 5 nitrogen and oxygen atoms in total. The van der Waals surface area contributed by atoms with Gasteiger partial charge in [-0.15, -0.1) is 11.3 Å². The lowest BCUT2D eigenvalue weighted by molar-refractivity contribution is 0.101. The van der Waals surface area contributed by atoms with Crippen LogP contribution in [0.3, 0.4) is 0 Å². The van der Waals surface area contributed by atoms with E-state index in [-0.39, 0.29) is 11.5 Å². The molecule has 1 atom stereocenters. The molecule has 0 aliphatic carbocycles. The van der Waals surface area contributed by atoms with Gasteiger partial charge in [0.2, 0.25) is 0 Å². The predicted molar refractivity (Wildman–Crippen MR) is 80.0 cm³/mol. The maximum atomic E-state index is 12.1. The van der Waals surface area contributed by atoms with Crippen molar-refractivity contribution < 1.29 is 13.2 Å². The molecule has 19 heavy (non-hydrogen) atoms. The van der Waals surface area contributed by atoms with Crippen LogP contribution in [0.2, 0.25) is 0 Å². The molecule has 0 saturated carbocycles. The molecule has 0 amide bonds. The number of hydrogen-bond acceptors (Lipinski definition) is 7. The Morgan fingerprint density at radius 3 is 2.89 bits per heavy atom. The number of carbonyl (C=O) groups is 1. The molecule has 1 aromatic heterocycles. The highest BCUT2D eigenvalue weighted by Crippen LogP contribution is 2.29. The van der Waals surface area contributed by atoms with Gasteiger partial charge in [0.25, 0.3) is 0 Å². The van der Waals surface area contributed by atoms with E-state index in [9.17, 15) is 13.2 Å². The molecule has 1 aliphatic rings. The number of rotatable bonds is 4. The maximum Gasteiger partial charge on any atom is 0.187 e. The lowest BCUT2D eigenvalue weighted by Crippen LogP contribution is -2.48. The Morgan fingerprint density at radius 1 is 1.58 bits per heavy atom. The minimum absolute atomic E-state index is 0.0937. The molecule has 8 heteroatoms. The first-order chi connectivity index (χ1) is 8.95. The van der Waals surface area contributed by atoms with Crippen LogP contribution < -0.4 is 4.90 Å². The Labute approximate surface area is 121 Å². The summed E-state index contributed by atoms with van der Waals surface area (Å²) in [4.78, 5) is 17.4. The summed E-state index contributed by atoms with van der Waals surface area (Å²) < 4.78 is 24.3. The summed E-state index contributed by atoms with van der Waals surface area (Å²) in [5.74, 6) is 1.47. The molecule has 0 spiro atoms. The lowest BCUT2D eigenvalue weighted by atomic mass is 10.4. The van der Waals surface area contributed by atoms with E-state index < -0.39 is 15.2 Å². The average molecular weight is 320 g/mol. The van der Waals surface area contributed by atoms with Crippen molar-refractivity contribution in [2.24, 2.45) is 0 Å². The first kappa shape index (κ1) is 14.8. The van der Waals surface area contributed by atoms with Gasteiger partial charge in [-0.1, -0.05) is 6.92 Å². The highest BCUT2D eigenvalue weighted by molar-refractivity contribution is 8.01. The second kappa shape index (κ2) is 5.80. The highest BCUT2D eigenvalue weighted by Gasteiger charge is 2.34. The van der Waals surface area contributed by atoms with E-state index in [1.165, 1.54) is 18.3 Å². The number of sulfone groups is 1. The van der Waals surface area contributed by atoms with Gasteiger partial charge in [0, 0.05) is 36.1 Å². The Bertz CT molecular complexity index is 567. The van der Waals surface area contributed by atoms with Crippen LogP contribution in [0.1, 0.15) is 24.3 Å². The number of thioether (sulfide) groups is 1. The third kappa shape index (κ3) is 3.11. The largest absolute Gasteiger partial charge is 0.329 e. The average Bonchev–Trinajstić information content (AvgIpc) is 2.88. The number of aromatic nitrogens is 1. The number of carbonyl (C=O) groups excluding carboxylic acids is 1. The van der Waals surface area contributed by atoms with E-state index in [1.54, 1.807) is 24.1 Å². The van der Waals surface area contributed by atoms with E-state index in [0.717, 1.165) is 5.75 Å². The summed E-state index contributed by atoms with van der Waals surface area (Å²) in [5.41, 5.74) is 0.408. The van der Waals surface area contributed by atoms with E-state index in [2.05, 4.69) is 4.98 Å². The first-order valence-corrected chi connectivity index (χ1v) is 9.73. The number of hydrogen-bond donors (Lipinski definition) is 0. The third-order valence-electron chi connectivity index (χ3n) is 3.00. The first-order valence-electron chi connectivity index (χ1n) is 5.98. The van der Waals surface area contributed by atoms with Gasteiger partial charge >= 0.3 is 0 Å². The summed E-state index contributed by atoms with van der Waals surface area (Å²) in [5, 5.41) is 1.80. The highest BCUT2D eigenvalue weighted by atomic mass is 32.2. The monoisotopic (exact) mass is 320 g/mol. The van der Waals surface area contributed by atoms with Crippen LogP contribution in [0.15, 0.2) is 5.38 Å². The zero-order chi connectivity index (χ0) is 14.0. The number of Topliss-reactive ketones (excluding diaryl/α,β-unsaturated/α-hetero) is 1. The Morgan fingerprint density at radius 2 is 2.32 bits per heavy atom. The molecule has 0 aromatic carbocycles. The number of ketones is 1. The van der Waals surface area contributed by atoms with Crippen molar-refractivity contribution >= 4 is 43.9 Å². The fourth-order valence-electron chi connectivity index (χ4n) is 1.85. The standard InChI is InChI=1S/C11H16N2O3S3/c1-3-19(15,16)10-7-17-5-4-13(10)11-12-9(6-18-11)8(2)14/h6,10H,3-5,7H2,1-2H3. The van der Waals surface area contributed by atoms with Gasteiger partial charge < -0.3 is 4.90 Å². The molecule has 0 bridgehead atoms. The number of thiazole rings is 1. The van der Waals surface area contributed by atoms with Crippen LogP contribution >= 0.6 is 23.1 Å². The van der Waals surface area contributed by atoms with Crippen LogP contribution in [0.5, 0.6) is 0 Å². The van der Waals surface area contributed by atoms with Crippen LogP contribution in [0.4, 0.5) is 5.13 Å². The molecule has 106 valence electrons. The van der Waals surface area contributed by atoms with Crippen molar-refractivity contribution in [1.29, 1.82) is 0 Å². The van der Waals surface area contributed by atoms with Crippen molar-refractivity contribution in [2.45, 2.75) is 19.2 Å². The number of anilines is 1. The molecule has 1 fully saturated rings. The van der Waals surface area contributed by atoms with E-state index in [0.29, 0.717) is 23.1 Å². The summed E-state index contributed by atoms with van der Waals surface area (Å²) >= 11 is 2.98. The summed E-state index contributed by atoms with van der Waals surface area (Å²) in [6.07, 6.45) is 0. The van der Waals surface area contributed by atoms with Crippen LogP contribution in [0.25, 0.3) is 0 Å². The lowest BCUT2D eigenvalue weighted by Gasteiger charge is -2.34. The second-order valence-corrected chi connectivity index (χ2v) is 8.68. The molecule has 2 rings (SSSR count). The van der Waals surface area contributed by atoms with Crippen LogP contribution in [-0.4, -0.2) is 48.4 Å². The van der Waals surface area contributed by atoms with Gasteiger partial charge in [-0.2, -0.15) is 11.8 Å². The number of nitrogens with zero attached hydrogens (tertiary/aromatic N) is 2. The van der Waals surface area contributed by atoms with Gasteiger partial charge in [0.15, 0.2) is 20.8 Å². The van der Waals surface area contributed by atoms with Crippen molar-refractivity contribution in [2.75, 3.05) is 28.7 Å². The van der Waals surface area contributed by atoms with Crippen molar-refractivity contribution in [3.05, 3.63) is 11.1 Å². The fourth-order valence-corrected chi connectivity index (χ4v) is 5.82. The smallest absolute Gasteiger partial charge is 0.187 e. The van der Waals surface area contributed by atoms with Gasteiger partial charge in [0.05, 0.1) is 0 Å². The Hall–Kier alpha value is -0.600. The Balaban J connectivity index is 2.31. The fraction of sp³-hybridized carbons (Fsp3) is 0.636. The molecule has 1 unspecified atom stereocenters. The molecule has 1 aliphatic heterocycles. The Kier molecular flexibility index (Phi) is 4.52. The van der Waals surface area contributed by atoms with Gasteiger partial charge in [0.1, 0.15) is 11.1 Å². The predicted octanol–water partition coefficient (Wildman–Crippen LogP) is 1.66. The van der Waals surface area contributed by atoms with Crippen LogP contribution in [0, 0.1) is 0 Å². The third-order valence-corrected chi connectivity index (χ3v) is 7.17. The van der Waals surface area contributed by atoms with Crippen LogP contribution in [-0.2, 0) is 9.84 Å². The van der Waals surface area contributed by atoms with E-state index in [4.69, 9.17) is 0 Å². The zero-order valence-corrected chi connectivity index (χ0v) is 13.3. The molecule has 2 heterocycles. The van der Waals surface area contributed by atoms with Gasteiger partial charge in [-0.3, -0.25) is 4.79 Å². The SMILES string of the molecule is CCS(=O)(=O)C1CSCCN1c1nc(C(C)=O)cs1. The summed E-state index contributed by atoms with van der Waals surface area (Å²) in [6, 6.07) is 0. The van der Waals surface area contributed by atoms with Gasteiger partial charge in [-0.05, 0) is 0 Å². The molecule has 1 aromatic rings. The normalized spacial score (nSPS) is 20.5. The van der Waals surface area contributed by atoms with Gasteiger partial charge in [-0.25, -0.2) is 13.4 Å². The molecular weight excluding hydrogens is 304 g/mol. The quantitative estimate of drug-likeness (QED) is 0.786. The molecule has 1 saturated heterocycles. The minimum atomic E-state index is -3.14.